The van der Waals surface area contributed by atoms with Crippen LogP contribution in [0.2, 0.25) is 0 Å². The fraction of sp³-hybridized carbons (Fsp3) is 0.105. The van der Waals surface area contributed by atoms with Gasteiger partial charge in [-0.1, -0.05) is 0 Å². The summed E-state index contributed by atoms with van der Waals surface area (Å²) >= 11 is 0. The monoisotopic (exact) mass is 368 g/mol. The summed E-state index contributed by atoms with van der Waals surface area (Å²) in [7, 11) is 0. The number of carbonyl (C=O) groups is 1. The fourth-order valence-electron chi connectivity index (χ4n) is 2.58. The number of furan rings is 1. The van der Waals surface area contributed by atoms with E-state index in [2.05, 4.69) is 5.32 Å². The number of nitro groups is 1. The van der Waals surface area contributed by atoms with Gasteiger partial charge in [0.25, 0.3) is 11.6 Å². The number of carbonyl (C=O) groups excluding carboxylic acids is 1. The number of hydrogen-bond donors (Lipinski definition) is 2. The molecule has 0 bridgehead atoms. The second-order valence-electron chi connectivity index (χ2n) is 5.88. The SMILES string of the molecule is Cc1cc([N+](=O)[O-])cc(C)c1Oc1ccc(O)c(NC(=O)c2ccco2)c1. The minimum atomic E-state index is -0.518. The molecule has 0 aliphatic carbocycles. The molecule has 0 aliphatic heterocycles. The third-order valence-corrected chi connectivity index (χ3v) is 3.84. The van der Waals surface area contributed by atoms with E-state index >= 15 is 0 Å². The molecule has 8 nitrogen and oxygen atoms in total. The summed E-state index contributed by atoms with van der Waals surface area (Å²) in [6, 6.07) is 10.3. The maximum Gasteiger partial charge on any atom is 0.291 e. The highest BCUT2D eigenvalue weighted by Crippen LogP contribution is 2.35. The number of amides is 1. The molecule has 27 heavy (non-hydrogen) atoms. The van der Waals surface area contributed by atoms with Gasteiger partial charge in [0.05, 0.1) is 16.9 Å². The zero-order valence-electron chi connectivity index (χ0n) is 14.6. The number of aryl methyl sites for hydroxylation is 2. The highest BCUT2D eigenvalue weighted by atomic mass is 16.6. The van der Waals surface area contributed by atoms with E-state index in [4.69, 9.17) is 9.15 Å². The van der Waals surface area contributed by atoms with E-state index in [9.17, 15) is 20.0 Å². The number of rotatable bonds is 5. The molecule has 0 radical (unpaired) electrons. The lowest BCUT2D eigenvalue weighted by atomic mass is 10.1. The molecule has 1 aromatic heterocycles. The van der Waals surface area contributed by atoms with Gasteiger partial charge in [-0.25, -0.2) is 0 Å². The molecule has 138 valence electrons. The van der Waals surface area contributed by atoms with E-state index in [-0.39, 0.29) is 22.9 Å². The van der Waals surface area contributed by atoms with Gasteiger partial charge in [0.2, 0.25) is 0 Å². The quantitative estimate of drug-likeness (QED) is 0.388. The number of ether oxygens (including phenoxy) is 1. The predicted molar refractivity (Wildman–Crippen MR) is 97.4 cm³/mol. The molecule has 0 unspecified atom stereocenters. The van der Waals surface area contributed by atoms with Crippen LogP contribution in [-0.2, 0) is 0 Å². The molecule has 3 rings (SSSR count). The summed E-state index contributed by atoms with van der Waals surface area (Å²) in [4.78, 5) is 22.6. The molecule has 0 atom stereocenters. The first-order valence-electron chi connectivity index (χ1n) is 7.96. The van der Waals surface area contributed by atoms with E-state index in [1.54, 1.807) is 19.9 Å². The topological polar surface area (TPSA) is 115 Å². The third-order valence-electron chi connectivity index (χ3n) is 3.84. The molecule has 0 fully saturated rings. The molecule has 1 heterocycles. The van der Waals surface area contributed by atoms with Gasteiger partial charge >= 0.3 is 0 Å². The van der Waals surface area contributed by atoms with Gasteiger partial charge in [-0.3, -0.25) is 14.9 Å². The van der Waals surface area contributed by atoms with Crippen molar-refractivity contribution in [2.24, 2.45) is 0 Å². The number of hydrogen-bond acceptors (Lipinski definition) is 6. The zero-order valence-corrected chi connectivity index (χ0v) is 14.6. The Bertz CT molecular complexity index is 988. The van der Waals surface area contributed by atoms with Gasteiger partial charge in [0, 0.05) is 18.2 Å². The third kappa shape index (κ3) is 3.90. The van der Waals surface area contributed by atoms with Crippen LogP contribution in [0, 0.1) is 24.0 Å². The predicted octanol–water partition coefficient (Wildman–Crippen LogP) is 4.55. The van der Waals surface area contributed by atoms with Crippen LogP contribution in [0.15, 0.2) is 53.1 Å². The van der Waals surface area contributed by atoms with Crippen LogP contribution in [0.5, 0.6) is 17.2 Å². The number of nitro benzene ring substituents is 1. The Kier molecular flexibility index (Phi) is 4.80. The maximum absolute atomic E-state index is 12.1. The van der Waals surface area contributed by atoms with Crippen LogP contribution in [0.25, 0.3) is 0 Å². The van der Waals surface area contributed by atoms with Gasteiger partial charge in [-0.05, 0) is 49.2 Å². The Labute approximate surface area is 154 Å². The number of phenols is 1. The normalized spacial score (nSPS) is 10.4. The Morgan fingerprint density at radius 1 is 1.19 bits per heavy atom. The van der Waals surface area contributed by atoms with E-state index < -0.39 is 10.8 Å². The second kappa shape index (κ2) is 7.20. The summed E-state index contributed by atoms with van der Waals surface area (Å²) in [5.74, 6) is 0.259. The first-order valence-corrected chi connectivity index (χ1v) is 7.96. The maximum atomic E-state index is 12.1. The molecular formula is C19H16N2O6. The highest BCUT2D eigenvalue weighted by molar-refractivity contribution is 6.03. The van der Waals surface area contributed by atoms with Gasteiger partial charge in [-0.2, -0.15) is 0 Å². The Morgan fingerprint density at radius 2 is 1.89 bits per heavy atom. The number of nitrogens with one attached hydrogen (secondary N) is 1. The smallest absolute Gasteiger partial charge is 0.291 e. The van der Waals surface area contributed by atoms with Crippen LogP contribution in [0.4, 0.5) is 11.4 Å². The molecule has 2 aromatic carbocycles. The van der Waals surface area contributed by atoms with Crippen molar-refractivity contribution in [1.29, 1.82) is 0 Å². The van der Waals surface area contributed by atoms with Crippen molar-refractivity contribution in [2.75, 3.05) is 5.32 Å². The standard InChI is InChI=1S/C19H16N2O6/c1-11-8-13(21(24)25)9-12(2)18(11)27-14-5-6-16(22)15(10-14)20-19(23)17-4-3-7-26-17/h3-10,22H,1-2H3,(H,20,23). The van der Waals surface area contributed by atoms with Gasteiger partial charge < -0.3 is 19.6 Å². The van der Waals surface area contributed by atoms with E-state index in [0.29, 0.717) is 22.6 Å². The fourth-order valence-corrected chi connectivity index (χ4v) is 2.58. The number of nitrogens with zero attached hydrogens (tertiary/aromatic N) is 1. The number of anilines is 1. The molecule has 0 spiro atoms. The number of phenolic OH excluding ortho intramolecular Hbond substituents is 1. The van der Waals surface area contributed by atoms with Crippen molar-refractivity contribution in [2.45, 2.75) is 13.8 Å². The molecule has 8 heteroatoms. The van der Waals surface area contributed by atoms with Crippen LogP contribution in [0.1, 0.15) is 21.7 Å². The van der Waals surface area contributed by atoms with Crippen molar-refractivity contribution in [1.82, 2.24) is 0 Å². The molecule has 0 saturated carbocycles. The van der Waals surface area contributed by atoms with Crippen molar-refractivity contribution in [3.8, 4) is 17.2 Å². The summed E-state index contributed by atoms with van der Waals surface area (Å²) in [5.41, 5.74) is 1.31. The molecule has 1 amide bonds. The number of benzene rings is 2. The summed E-state index contributed by atoms with van der Waals surface area (Å²) in [6.07, 6.45) is 1.37. The van der Waals surface area contributed by atoms with Crippen molar-refractivity contribution in [3.05, 3.63) is 75.7 Å². The van der Waals surface area contributed by atoms with Gasteiger partial charge in [0.1, 0.15) is 17.2 Å². The molecule has 3 aromatic rings. The lowest BCUT2D eigenvalue weighted by Gasteiger charge is -2.13. The molecular weight excluding hydrogens is 352 g/mol. The first kappa shape index (κ1) is 18.0. The lowest BCUT2D eigenvalue weighted by Crippen LogP contribution is -2.11. The Balaban J connectivity index is 1.86. The Hall–Kier alpha value is -3.81. The van der Waals surface area contributed by atoms with E-state index in [1.807, 2.05) is 0 Å². The first-order chi connectivity index (χ1) is 12.8. The van der Waals surface area contributed by atoms with Crippen molar-refractivity contribution < 1.29 is 24.0 Å². The molecule has 0 aliphatic rings. The second-order valence-corrected chi connectivity index (χ2v) is 5.88. The zero-order chi connectivity index (χ0) is 19.6. The highest BCUT2D eigenvalue weighted by Gasteiger charge is 2.16. The minimum absolute atomic E-state index is 0.0190. The van der Waals surface area contributed by atoms with Crippen LogP contribution in [0.3, 0.4) is 0 Å². The largest absolute Gasteiger partial charge is 0.506 e. The Morgan fingerprint density at radius 3 is 2.48 bits per heavy atom. The van der Waals surface area contributed by atoms with Crippen molar-refractivity contribution >= 4 is 17.3 Å². The summed E-state index contributed by atoms with van der Waals surface area (Å²) < 4.78 is 10.8. The average Bonchev–Trinajstić information content (AvgIpc) is 3.15. The van der Waals surface area contributed by atoms with Gasteiger partial charge in [0.15, 0.2) is 5.76 Å². The van der Waals surface area contributed by atoms with E-state index in [0.717, 1.165) is 0 Å². The number of non-ortho nitro benzene ring substituents is 1. The minimum Gasteiger partial charge on any atom is -0.506 e. The summed E-state index contributed by atoms with van der Waals surface area (Å²) in [6.45, 7) is 3.41. The van der Waals surface area contributed by atoms with Crippen LogP contribution in [-0.4, -0.2) is 15.9 Å². The number of aromatic hydroxyl groups is 1. The lowest BCUT2D eigenvalue weighted by molar-refractivity contribution is -0.385. The van der Waals surface area contributed by atoms with Gasteiger partial charge in [-0.15, -0.1) is 0 Å². The van der Waals surface area contributed by atoms with Crippen LogP contribution < -0.4 is 10.1 Å². The average molecular weight is 368 g/mol. The molecule has 2 N–H and O–H groups in total. The van der Waals surface area contributed by atoms with E-state index in [1.165, 1.54) is 42.7 Å². The molecule has 0 saturated heterocycles. The summed E-state index contributed by atoms with van der Waals surface area (Å²) in [5, 5.41) is 23.5. The van der Waals surface area contributed by atoms with Crippen LogP contribution >= 0.6 is 0 Å². The van der Waals surface area contributed by atoms with Crippen molar-refractivity contribution in [3.63, 3.8) is 0 Å².